The van der Waals surface area contributed by atoms with E-state index in [9.17, 15) is 4.79 Å². The summed E-state index contributed by atoms with van der Waals surface area (Å²) in [7, 11) is 1.61. The van der Waals surface area contributed by atoms with Gasteiger partial charge in [-0.15, -0.1) is 5.10 Å². The first-order valence-electron chi connectivity index (χ1n) is 10.6. The number of ether oxygens (including phenoxy) is 3. The van der Waals surface area contributed by atoms with Gasteiger partial charge in [0.05, 0.1) is 38.5 Å². The van der Waals surface area contributed by atoms with E-state index < -0.39 is 0 Å². The highest BCUT2D eigenvalue weighted by Crippen LogP contribution is 2.29. The smallest absolute Gasteiger partial charge is 0.253 e. The maximum absolute atomic E-state index is 13.2. The molecule has 0 radical (unpaired) electrons. The molecule has 31 heavy (non-hydrogen) atoms. The Morgan fingerprint density at radius 2 is 2.13 bits per heavy atom. The Labute approximate surface area is 179 Å². The van der Waals surface area contributed by atoms with Crippen LogP contribution < -0.4 is 10.3 Å². The number of fused-ring (bicyclic) bond motifs is 1. The highest BCUT2D eigenvalue weighted by Gasteiger charge is 2.32. The van der Waals surface area contributed by atoms with E-state index in [-0.39, 0.29) is 17.7 Å². The lowest BCUT2D eigenvalue weighted by Crippen LogP contribution is -2.42. The Bertz CT molecular complexity index is 1100. The Balaban J connectivity index is 1.58. The third kappa shape index (κ3) is 4.06. The molecule has 0 spiro atoms. The van der Waals surface area contributed by atoms with E-state index in [0.29, 0.717) is 50.0 Å². The molecule has 10 heteroatoms. The van der Waals surface area contributed by atoms with Crippen LogP contribution in [0, 0.1) is 0 Å². The molecule has 2 saturated heterocycles. The minimum atomic E-state index is -0.379. The molecule has 1 aromatic carbocycles. The highest BCUT2D eigenvalue weighted by atomic mass is 16.5. The Morgan fingerprint density at radius 3 is 2.90 bits per heavy atom. The molecule has 3 aromatic rings. The summed E-state index contributed by atoms with van der Waals surface area (Å²) in [6.45, 7) is 3.93. The van der Waals surface area contributed by atoms with Crippen molar-refractivity contribution in [1.29, 1.82) is 0 Å². The standard InChI is InChI=1S/C21H26N6O4/c1-29-15-5-4-14-11-17(21(28)22-18(14)12-15)19(26-6-9-30-10-7-26)20-23-24-25-27(20)13-16-3-2-8-31-16/h4-5,11-12,16,19H,2-3,6-10,13H2,1H3,(H,22,28)/t16-,19-/m0/s1. The van der Waals surface area contributed by atoms with E-state index in [1.807, 2.05) is 24.3 Å². The molecular weight excluding hydrogens is 400 g/mol. The van der Waals surface area contributed by atoms with Gasteiger partial charge in [0.2, 0.25) is 0 Å². The Hall–Kier alpha value is -2.82. The van der Waals surface area contributed by atoms with E-state index in [2.05, 4.69) is 25.4 Å². The van der Waals surface area contributed by atoms with Crippen LogP contribution in [0.1, 0.15) is 30.3 Å². The van der Waals surface area contributed by atoms with Gasteiger partial charge in [-0.25, -0.2) is 4.68 Å². The average Bonchev–Trinajstić information content (AvgIpc) is 3.48. The second kappa shape index (κ2) is 8.74. The number of tetrazole rings is 1. The lowest BCUT2D eigenvalue weighted by atomic mass is 10.0. The molecule has 2 aliphatic heterocycles. The van der Waals surface area contributed by atoms with Gasteiger partial charge in [0.25, 0.3) is 5.56 Å². The first-order chi connectivity index (χ1) is 15.2. The fraction of sp³-hybridized carbons (Fsp3) is 0.524. The molecule has 0 saturated carbocycles. The summed E-state index contributed by atoms with van der Waals surface area (Å²) in [6.07, 6.45) is 2.12. The SMILES string of the molecule is COc1ccc2cc([C@@H](c3nnnn3C[C@@H]3CCCO3)N3CCOCC3)c(=O)[nH]c2c1. The number of rotatable bonds is 6. The maximum atomic E-state index is 13.2. The van der Waals surface area contributed by atoms with Gasteiger partial charge in [0.15, 0.2) is 5.82 Å². The molecule has 0 amide bonds. The highest BCUT2D eigenvalue weighted by molar-refractivity contribution is 5.80. The van der Waals surface area contributed by atoms with E-state index in [4.69, 9.17) is 14.2 Å². The average molecular weight is 426 g/mol. The van der Waals surface area contributed by atoms with Crippen molar-refractivity contribution in [1.82, 2.24) is 30.1 Å². The quantitative estimate of drug-likeness (QED) is 0.625. The van der Waals surface area contributed by atoms with Gasteiger partial charge in [-0.05, 0) is 46.9 Å². The van der Waals surface area contributed by atoms with Crippen molar-refractivity contribution in [2.45, 2.75) is 31.5 Å². The number of methoxy groups -OCH3 is 1. The molecule has 2 fully saturated rings. The number of morpholine rings is 1. The molecule has 10 nitrogen and oxygen atoms in total. The molecule has 0 bridgehead atoms. The molecule has 1 N–H and O–H groups in total. The number of aromatic amines is 1. The van der Waals surface area contributed by atoms with Gasteiger partial charge in [0.1, 0.15) is 11.8 Å². The number of pyridine rings is 1. The molecule has 0 unspecified atom stereocenters. The fourth-order valence-electron chi connectivity index (χ4n) is 4.38. The zero-order chi connectivity index (χ0) is 21.2. The van der Waals surface area contributed by atoms with Gasteiger partial charge in [-0.3, -0.25) is 9.69 Å². The largest absolute Gasteiger partial charge is 0.497 e. The van der Waals surface area contributed by atoms with Crippen LogP contribution in [-0.2, 0) is 16.0 Å². The maximum Gasteiger partial charge on any atom is 0.253 e. The van der Waals surface area contributed by atoms with E-state index in [0.717, 1.165) is 30.4 Å². The number of aromatic nitrogens is 5. The lowest BCUT2D eigenvalue weighted by molar-refractivity contribution is 0.0205. The van der Waals surface area contributed by atoms with Crippen LogP contribution in [0.5, 0.6) is 5.75 Å². The second-order valence-electron chi connectivity index (χ2n) is 7.91. The Morgan fingerprint density at radius 1 is 1.26 bits per heavy atom. The van der Waals surface area contributed by atoms with Crippen molar-refractivity contribution in [2.24, 2.45) is 0 Å². The van der Waals surface area contributed by atoms with Crippen LogP contribution in [0.15, 0.2) is 29.1 Å². The second-order valence-corrected chi connectivity index (χ2v) is 7.91. The number of nitrogens with one attached hydrogen (secondary N) is 1. The van der Waals surface area contributed by atoms with Crippen LogP contribution in [-0.4, -0.2) is 76.2 Å². The van der Waals surface area contributed by atoms with Crippen molar-refractivity contribution < 1.29 is 14.2 Å². The Kier molecular flexibility index (Phi) is 5.66. The van der Waals surface area contributed by atoms with E-state index >= 15 is 0 Å². The molecular formula is C21H26N6O4. The van der Waals surface area contributed by atoms with Gasteiger partial charge in [-0.2, -0.15) is 0 Å². The zero-order valence-electron chi connectivity index (χ0n) is 17.5. The first kappa shape index (κ1) is 20.1. The third-order valence-corrected chi connectivity index (χ3v) is 5.99. The minimum absolute atomic E-state index is 0.0925. The number of hydrogen-bond donors (Lipinski definition) is 1. The van der Waals surface area contributed by atoms with Crippen molar-refractivity contribution >= 4 is 10.9 Å². The molecule has 2 atom stereocenters. The predicted molar refractivity (Wildman–Crippen MR) is 112 cm³/mol. The van der Waals surface area contributed by atoms with E-state index in [1.54, 1.807) is 11.8 Å². The predicted octanol–water partition coefficient (Wildman–Crippen LogP) is 1.12. The van der Waals surface area contributed by atoms with Gasteiger partial charge >= 0.3 is 0 Å². The van der Waals surface area contributed by atoms with Crippen LogP contribution >= 0.6 is 0 Å². The summed E-state index contributed by atoms with van der Waals surface area (Å²) in [5.74, 6) is 1.34. The van der Waals surface area contributed by atoms with E-state index in [1.165, 1.54) is 0 Å². The monoisotopic (exact) mass is 426 g/mol. The van der Waals surface area contributed by atoms with Gasteiger partial charge < -0.3 is 19.2 Å². The number of H-pyrrole nitrogens is 1. The normalized spacial score (nSPS) is 20.9. The lowest BCUT2D eigenvalue weighted by Gasteiger charge is -2.33. The van der Waals surface area contributed by atoms with Crippen molar-refractivity contribution in [3.63, 3.8) is 0 Å². The van der Waals surface area contributed by atoms with Crippen molar-refractivity contribution in [2.75, 3.05) is 40.0 Å². The van der Waals surface area contributed by atoms with Crippen LogP contribution in [0.3, 0.4) is 0 Å². The summed E-state index contributed by atoms with van der Waals surface area (Å²) in [5.41, 5.74) is 1.18. The topological polar surface area (TPSA) is 107 Å². The zero-order valence-corrected chi connectivity index (χ0v) is 17.5. The summed E-state index contributed by atoms with van der Waals surface area (Å²) < 4.78 is 18.4. The number of nitrogens with zero attached hydrogens (tertiary/aromatic N) is 5. The summed E-state index contributed by atoms with van der Waals surface area (Å²) >= 11 is 0. The minimum Gasteiger partial charge on any atom is -0.497 e. The van der Waals surface area contributed by atoms with Gasteiger partial charge in [0, 0.05) is 31.3 Å². The first-order valence-corrected chi connectivity index (χ1v) is 10.6. The number of hydrogen-bond acceptors (Lipinski definition) is 8. The van der Waals surface area contributed by atoms with Crippen LogP contribution in [0.2, 0.25) is 0 Å². The summed E-state index contributed by atoms with van der Waals surface area (Å²) in [4.78, 5) is 18.4. The number of benzene rings is 1. The third-order valence-electron chi connectivity index (χ3n) is 5.99. The fourth-order valence-corrected chi connectivity index (χ4v) is 4.38. The molecule has 4 heterocycles. The molecule has 164 valence electrons. The van der Waals surface area contributed by atoms with Crippen molar-refractivity contribution in [3.05, 3.63) is 46.0 Å². The van der Waals surface area contributed by atoms with Crippen molar-refractivity contribution in [3.8, 4) is 5.75 Å². The molecule has 2 aromatic heterocycles. The summed E-state index contributed by atoms with van der Waals surface area (Å²) in [5, 5.41) is 13.4. The summed E-state index contributed by atoms with van der Waals surface area (Å²) in [6, 6.07) is 7.20. The molecule has 5 rings (SSSR count). The van der Waals surface area contributed by atoms with Gasteiger partial charge in [-0.1, -0.05) is 0 Å². The molecule has 0 aliphatic carbocycles. The van der Waals surface area contributed by atoms with Crippen LogP contribution in [0.4, 0.5) is 0 Å². The van der Waals surface area contributed by atoms with Crippen LogP contribution in [0.25, 0.3) is 10.9 Å². The molecule has 2 aliphatic rings.